The van der Waals surface area contributed by atoms with E-state index in [1.807, 2.05) is 0 Å². The molecule has 1 aromatic rings. The van der Waals surface area contributed by atoms with Crippen LogP contribution in [0.5, 0.6) is 11.5 Å². The van der Waals surface area contributed by atoms with Crippen LogP contribution in [0.2, 0.25) is 0 Å². The highest BCUT2D eigenvalue weighted by Gasteiger charge is 2.29. The molecule has 0 unspecified atom stereocenters. The van der Waals surface area contributed by atoms with Crippen LogP contribution in [0.25, 0.3) is 6.08 Å². The SMILES string of the molecule is COc1cc2c(cc1OC)CC(=O)N(CC(=O)N[C@H]1CCS(=O)(=O)C1)C=C2. The van der Waals surface area contributed by atoms with Crippen LogP contribution in [0, 0.1) is 0 Å². The molecule has 1 atom stereocenters. The third-order valence-corrected chi connectivity index (χ3v) is 6.42. The van der Waals surface area contributed by atoms with Crippen molar-refractivity contribution >= 4 is 27.7 Å². The third kappa shape index (κ3) is 4.41. The summed E-state index contributed by atoms with van der Waals surface area (Å²) in [6.07, 6.45) is 3.83. The van der Waals surface area contributed by atoms with Crippen LogP contribution in [0.3, 0.4) is 0 Å². The quantitative estimate of drug-likeness (QED) is 0.774. The first-order valence-corrected chi connectivity index (χ1v) is 10.4. The molecule has 1 fully saturated rings. The summed E-state index contributed by atoms with van der Waals surface area (Å²) in [6.45, 7) is -0.159. The number of sulfone groups is 1. The summed E-state index contributed by atoms with van der Waals surface area (Å²) in [7, 11) is -0.00966. The van der Waals surface area contributed by atoms with Crippen molar-refractivity contribution in [2.45, 2.75) is 18.9 Å². The zero-order chi connectivity index (χ0) is 19.6. The number of ether oxygens (including phenoxy) is 2. The number of benzene rings is 1. The summed E-state index contributed by atoms with van der Waals surface area (Å²) in [6, 6.07) is 3.15. The molecule has 27 heavy (non-hydrogen) atoms. The second-order valence-electron chi connectivity index (χ2n) is 6.59. The largest absolute Gasteiger partial charge is 0.493 e. The van der Waals surface area contributed by atoms with Crippen LogP contribution in [0.4, 0.5) is 0 Å². The minimum Gasteiger partial charge on any atom is -0.493 e. The molecule has 2 heterocycles. The van der Waals surface area contributed by atoms with E-state index in [0.717, 1.165) is 11.1 Å². The number of nitrogens with one attached hydrogen (secondary N) is 1. The van der Waals surface area contributed by atoms with Gasteiger partial charge in [-0.1, -0.05) is 0 Å². The number of carbonyl (C=O) groups excluding carboxylic acids is 2. The van der Waals surface area contributed by atoms with Gasteiger partial charge in [0.05, 0.1) is 32.1 Å². The van der Waals surface area contributed by atoms with Crippen molar-refractivity contribution in [1.82, 2.24) is 10.2 Å². The van der Waals surface area contributed by atoms with Gasteiger partial charge in [0, 0.05) is 12.2 Å². The molecule has 8 nitrogen and oxygen atoms in total. The van der Waals surface area contributed by atoms with Crippen molar-refractivity contribution in [2.24, 2.45) is 0 Å². The first-order valence-electron chi connectivity index (χ1n) is 8.53. The first kappa shape index (κ1) is 19.2. The number of rotatable bonds is 5. The van der Waals surface area contributed by atoms with Crippen molar-refractivity contribution < 1.29 is 27.5 Å². The molecule has 2 amide bonds. The fourth-order valence-corrected chi connectivity index (χ4v) is 4.91. The smallest absolute Gasteiger partial charge is 0.240 e. The van der Waals surface area contributed by atoms with E-state index in [2.05, 4.69) is 5.32 Å². The number of fused-ring (bicyclic) bond motifs is 1. The predicted molar refractivity (Wildman–Crippen MR) is 99.2 cm³/mol. The van der Waals surface area contributed by atoms with Crippen LogP contribution >= 0.6 is 0 Å². The van der Waals surface area contributed by atoms with Crippen LogP contribution in [0.1, 0.15) is 17.5 Å². The minimum atomic E-state index is -3.07. The predicted octanol–water partition coefficient (Wildman–Crippen LogP) is 0.363. The topological polar surface area (TPSA) is 102 Å². The van der Waals surface area contributed by atoms with Gasteiger partial charge in [-0.05, 0) is 35.8 Å². The van der Waals surface area contributed by atoms with Gasteiger partial charge in [-0.15, -0.1) is 0 Å². The van der Waals surface area contributed by atoms with Gasteiger partial charge in [0.15, 0.2) is 21.3 Å². The number of hydrogen-bond donors (Lipinski definition) is 1. The Bertz CT molecular complexity index is 893. The Morgan fingerprint density at radius 1 is 1.26 bits per heavy atom. The zero-order valence-electron chi connectivity index (χ0n) is 15.2. The molecule has 0 radical (unpaired) electrons. The van der Waals surface area contributed by atoms with Gasteiger partial charge in [-0.2, -0.15) is 0 Å². The second kappa shape index (κ2) is 7.59. The molecule has 9 heteroatoms. The number of methoxy groups -OCH3 is 2. The third-order valence-electron chi connectivity index (χ3n) is 4.65. The Labute approximate surface area is 158 Å². The Morgan fingerprint density at radius 3 is 2.59 bits per heavy atom. The van der Waals surface area contributed by atoms with E-state index in [0.29, 0.717) is 17.9 Å². The van der Waals surface area contributed by atoms with Crippen molar-refractivity contribution in [3.05, 3.63) is 29.5 Å². The van der Waals surface area contributed by atoms with Crippen molar-refractivity contribution in [3.63, 3.8) is 0 Å². The molecule has 146 valence electrons. The Balaban J connectivity index is 1.69. The summed E-state index contributed by atoms with van der Waals surface area (Å²) >= 11 is 0. The molecule has 2 aliphatic rings. The van der Waals surface area contributed by atoms with Gasteiger partial charge >= 0.3 is 0 Å². The summed E-state index contributed by atoms with van der Waals surface area (Å²) in [5.74, 6) is 0.517. The second-order valence-corrected chi connectivity index (χ2v) is 8.82. The monoisotopic (exact) mass is 394 g/mol. The molecule has 3 rings (SSSR count). The molecular formula is C18H22N2O6S. The Hall–Kier alpha value is -2.55. The lowest BCUT2D eigenvalue weighted by atomic mass is 10.0. The lowest BCUT2D eigenvalue weighted by Crippen LogP contribution is -2.43. The lowest BCUT2D eigenvalue weighted by Gasteiger charge is -2.18. The van der Waals surface area contributed by atoms with Crippen LogP contribution in [0.15, 0.2) is 18.3 Å². The molecule has 0 aromatic heterocycles. The average Bonchev–Trinajstić information content (AvgIpc) is 2.88. The van der Waals surface area contributed by atoms with Gasteiger partial charge < -0.3 is 19.7 Å². The normalized spacial score (nSPS) is 20.7. The Kier molecular flexibility index (Phi) is 5.41. The van der Waals surface area contributed by atoms with Crippen LogP contribution in [-0.2, 0) is 25.8 Å². The highest BCUT2D eigenvalue weighted by Crippen LogP contribution is 2.32. The van der Waals surface area contributed by atoms with Crippen molar-refractivity contribution in [1.29, 1.82) is 0 Å². The van der Waals surface area contributed by atoms with Crippen LogP contribution in [-0.4, -0.2) is 63.4 Å². The van der Waals surface area contributed by atoms with E-state index in [-0.39, 0.29) is 42.3 Å². The number of carbonyl (C=O) groups is 2. The van der Waals surface area contributed by atoms with Crippen molar-refractivity contribution in [2.75, 3.05) is 32.3 Å². The summed E-state index contributed by atoms with van der Waals surface area (Å²) in [5, 5.41) is 2.69. The van der Waals surface area contributed by atoms with Gasteiger partial charge in [0.1, 0.15) is 6.54 Å². The summed E-state index contributed by atoms with van der Waals surface area (Å²) < 4.78 is 33.5. The molecular weight excluding hydrogens is 372 g/mol. The molecule has 0 bridgehead atoms. The summed E-state index contributed by atoms with van der Waals surface area (Å²) in [4.78, 5) is 26.1. The van der Waals surface area contributed by atoms with E-state index in [1.54, 1.807) is 24.4 Å². The first-order chi connectivity index (χ1) is 12.8. The lowest BCUT2D eigenvalue weighted by molar-refractivity contribution is -0.133. The van der Waals surface area contributed by atoms with Gasteiger partial charge in [0.2, 0.25) is 11.8 Å². The summed E-state index contributed by atoms with van der Waals surface area (Å²) in [5.41, 5.74) is 1.59. The van der Waals surface area contributed by atoms with Crippen molar-refractivity contribution in [3.8, 4) is 11.5 Å². The maximum atomic E-state index is 12.5. The fraction of sp³-hybridized carbons (Fsp3) is 0.444. The van der Waals surface area contributed by atoms with Crippen LogP contribution < -0.4 is 14.8 Å². The number of nitrogens with zero attached hydrogens (tertiary/aromatic N) is 1. The molecule has 2 aliphatic heterocycles. The van der Waals surface area contributed by atoms with Gasteiger partial charge in [-0.3, -0.25) is 9.59 Å². The van der Waals surface area contributed by atoms with E-state index in [1.165, 1.54) is 19.1 Å². The maximum absolute atomic E-state index is 12.5. The number of amides is 2. The highest BCUT2D eigenvalue weighted by atomic mass is 32.2. The minimum absolute atomic E-state index is 0.0481. The molecule has 0 spiro atoms. The fourth-order valence-electron chi connectivity index (χ4n) is 3.24. The molecule has 1 N–H and O–H groups in total. The van der Waals surface area contributed by atoms with Gasteiger partial charge in [0.25, 0.3) is 0 Å². The molecule has 1 aromatic carbocycles. The maximum Gasteiger partial charge on any atom is 0.240 e. The van der Waals surface area contributed by atoms with E-state index in [9.17, 15) is 18.0 Å². The molecule has 1 saturated heterocycles. The van der Waals surface area contributed by atoms with Gasteiger partial charge in [-0.25, -0.2) is 8.42 Å². The Morgan fingerprint density at radius 2 is 1.96 bits per heavy atom. The highest BCUT2D eigenvalue weighted by molar-refractivity contribution is 7.91. The number of hydrogen-bond acceptors (Lipinski definition) is 6. The van der Waals surface area contributed by atoms with E-state index in [4.69, 9.17) is 9.47 Å². The molecule has 0 saturated carbocycles. The average molecular weight is 394 g/mol. The zero-order valence-corrected chi connectivity index (χ0v) is 16.0. The standard InChI is InChI=1S/C18H22N2O6S/c1-25-15-7-12-3-5-20(18(22)9-13(12)8-16(15)26-2)10-17(21)19-14-4-6-27(23,24)11-14/h3,5,7-8,14H,4,6,9-11H2,1-2H3,(H,19,21)/t14-/m0/s1. The molecule has 0 aliphatic carbocycles. The van der Waals surface area contributed by atoms with E-state index >= 15 is 0 Å². The van der Waals surface area contributed by atoms with E-state index < -0.39 is 9.84 Å².